The summed E-state index contributed by atoms with van der Waals surface area (Å²) >= 11 is 1.48. The van der Waals surface area contributed by atoms with Crippen LogP contribution >= 0.6 is 32.4 Å². The van der Waals surface area contributed by atoms with Crippen molar-refractivity contribution in [1.82, 2.24) is 0 Å². The number of thioether (sulfide) groups is 1. The monoisotopic (exact) mass is 336 g/mol. The molecule has 1 aliphatic rings. The third-order valence-electron chi connectivity index (χ3n) is 2.19. The zero-order chi connectivity index (χ0) is 13.9. The summed E-state index contributed by atoms with van der Waals surface area (Å²) in [6.07, 6.45) is 3.85. The van der Waals surface area contributed by atoms with Gasteiger partial charge >= 0.3 is 10.4 Å². The molecule has 1 aromatic carbocycles. The zero-order valence-electron chi connectivity index (χ0n) is 10.2. The highest BCUT2D eigenvalue weighted by molar-refractivity contribution is 8.88. The fraction of sp³-hybridized carbons (Fsp3) is 0.182. The summed E-state index contributed by atoms with van der Waals surface area (Å²) in [6.45, 7) is 0. The van der Waals surface area contributed by atoms with Gasteiger partial charge in [0.2, 0.25) is 0 Å². The number of hydrogen-bond acceptors (Lipinski definition) is 6. The second-order valence-electron chi connectivity index (χ2n) is 3.36. The lowest BCUT2D eigenvalue weighted by Gasteiger charge is -2.06. The van der Waals surface area contributed by atoms with Crippen LogP contribution in [0.15, 0.2) is 36.4 Å². The maximum Gasteiger partial charge on any atom is 0.410 e. The quantitative estimate of drug-likeness (QED) is 0.621. The molecular formula is C11H12O4S4. The van der Waals surface area contributed by atoms with Crippen molar-refractivity contribution >= 4 is 51.9 Å². The molecule has 1 aliphatic heterocycles. The van der Waals surface area contributed by atoms with Crippen molar-refractivity contribution < 1.29 is 16.2 Å². The largest absolute Gasteiger partial charge is 0.410 e. The molecule has 1 atom stereocenters. The van der Waals surface area contributed by atoms with Gasteiger partial charge in [-0.15, -0.1) is 11.8 Å². The van der Waals surface area contributed by atoms with Gasteiger partial charge < -0.3 is 0 Å². The van der Waals surface area contributed by atoms with E-state index in [0.717, 1.165) is 21.8 Å². The summed E-state index contributed by atoms with van der Waals surface area (Å²) in [5.74, 6) is 0. The molecule has 2 rings (SSSR count). The molecule has 1 heterocycles. The number of benzene rings is 1. The van der Waals surface area contributed by atoms with Crippen LogP contribution in [0.3, 0.4) is 0 Å². The maximum absolute atomic E-state index is 11.4. The van der Waals surface area contributed by atoms with Gasteiger partial charge in [-0.3, -0.25) is 4.18 Å². The smallest absolute Gasteiger partial charge is 0.251 e. The third kappa shape index (κ3) is 3.87. The molecule has 0 aliphatic carbocycles. The molecule has 0 aromatic heterocycles. The van der Waals surface area contributed by atoms with E-state index in [9.17, 15) is 8.42 Å². The molecule has 0 radical (unpaired) electrons. The third-order valence-corrected chi connectivity index (χ3v) is 8.71. The van der Waals surface area contributed by atoms with E-state index in [-0.39, 0.29) is 0 Å². The molecule has 4 nitrogen and oxygen atoms in total. The first-order valence-corrected chi connectivity index (χ1v) is 10.2. The maximum atomic E-state index is 11.4. The normalized spacial score (nSPS) is 19.6. The van der Waals surface area contributed by atoms with E-state index >= 15 is 0 Å². The molecule has 0 saturated carbocycles. The molecule has 0 bridgehead atoms. The van der Waals surface area contributed by atoms with Crippen LogP contribution in [0.25, 0.3) is 4.91 Å². The highest BCUT2D eigenvalue weighted by atomic mass is 33.1. The summed E-state index contributed by atoms with van der Waals surface area (Å²) < 4.78 is 33.0. The predicted octanol–water partition coefficient (Wildman–Crippen LogP) is 3.27. The van der Waals surface area contributed by atoms with E-state index in [1.165, 1.54) is 22.6 Å². The molecule has 0 spiro atoms. The molecule has 0 amide bonds. The highest BCUT2D eigenvalue weighted by Crippen LogP contribution is 2.51. The lowest BCUT2D eigenvalue weighted by Crippen LogP contribution is -2.03. The van der Waals surface area contributed by atoms with Crippen LogP contribution < -0.4 is 0 Å². The Labute approximate surface area is 123 Å². The Morgan fingerprint density at radius 2 is 1.95 bits per heavy atom. The fourth-order valence-electron chi connectivity index (χ4n) is 1.31. The molecule has 0 N–H and O–H groups in total. The molecule has 19 heavy (non-hydrogen) atoms. The lowest BCUT2D eigenvalue weighted by molar-refractivity contribution is 0.344. The van der Waals surface area contributed by atoms with E-state index in [1.54, 1.807) is 0 Å². The Bertz CT molecular complexity index is 619. The molecule has 104 valence electrons. The highest BCUT2D eigenvalue weighted by Gasteiger charge is 2.23. The van der Waals surface area contributed by atoms with Gasteiger partial charge in [-0.1, -0.05) is 30.3 Å². The first kappa shape index (κ1) is 15.1. The Morgan fingerprint density at radius 1 is 1.26 bits per heavy atom. The van der Waals surface area contributed by atoms with Crippen molar-refractivity contribution in [1.29, 1.82) is 0 Å². The van der Waals surface area contributed by atoms with Gasteiger partial charge in [-0.05, 0) is 28.7 Å². The Hall–Kier alpha value is -0.250. The Morgan fingerprint density at radius 3 is 2.53 bits per heavy atom. The zero-order valence-corrected chi connectivity index (χ0v) is 13.5. The summed E-state index contributed by atoms with van der Waals surface area (Å²) in [4.78, 5) is 1.000. The van der Waals surface area contributed by atoms with Crippen molar-refractivity contribution in [3.8, 4) is 0 Å². The standard InChI is InChI=1S/C11H12O4S4/c1-14-19(12,13)15-18-11(16-2)8-10(17-18)9-6-4-3-5-7-9/h3-8H,1-2H3. The van der Waals surface area contributed by atoms with Crippen molar-refractivity contribution in [3.63, 3.8) is 0 Å². The van der Waals surface area contributed by atoms with Crippen LogP contribution in [-0.2, 0) is 18.2 Å². The van der Waals surface area contributed by atoms with Crippen molar-refractivity contribution in [2.24, 2.45) is 0 Å². The van der Waals surface area contributed by atoms with E-state index < -0.39 is 20.2 Å². The minimum absolute atomic E-state index is 0.874. The molecule has 1 aromatic rings. The first-order valence-electron chi connectivity index (χ1n) is 5.17. The van der Waals surface area contributed by atoms with Crippen LogP contribution in [0.4, 0.5) is 0 Å². The Balaban J connectivity index is 2.22. The van der Waals surface area contributed by atoms with Gasteiger partial charge in [0.05, 0.1) is 11.3 Å². The van der Waals surface area contributed by atoms with Crippen LogP contribution in [0.2, 0.25) is 0 Å². The lowest BCUT2D eigenvalue weighted by atomic mass is 10.2. The van der Waals surface area contributed by atoms with E-state index in [1.807, 2.05) is 42.7 Å². The predicted molar refractivity (Wildman–Crippen MR) is 85.1 cm³/mol. The SMILES string of the molecule is COS(=O)(=O)OS1=C(SC)C=C(c2ccccc2)S1. The van der Waals surface area contributed by atoms with Crippen molar-refractivity contribution in [3.05, 3.63) is 42.0 Å². The second-order valence-corrected chi connectivity index (χ2v) is 9.08. The van der Waals surface area contributed by atoms with Crippen LogP contribution in [0.5, 0.6) is 0 Å². The first-order chi connectivity index (χ1) is 9.05. The molecule has 0 saturated heterocycles. The molecule has 0 fully saturated rings. The summed E-state index contributed by atoms with van der Waals surface area (Å²) in [7, 11) is -2.33. The van der Waals surface area contributed by atoms with Gasteiger partial charge in [-0.25, -0.2) is 0 Å². The molecular weight excluding hydrogens is 324 g/mol. The number of rotatable bonds is 4. The van der Waals surface area contributed by atoms with Crippen molar-refractivity contribution in [2.75, 3.05) is 13.4 Å². The van der Waals surface area contributed by atoms with Crippen LogP contribution in [0, 0.1) is 0 Å². The molecule has 1 unspecified atom stereocenters. The second kappa shape index (κ2) is 6.47. The summed E-state index contributed by atoms with van der Waals surface area (Å²) in [6, 6.07) is 9.79. The van der Waals surface area contributed by atoms with Gasteiger partial charge in [0, 0.05) is 14.7 Å². The average Bonchev–Trinajstić information content (AvgIpc) is 2.82. The molecule has 8 heteroatoms. The fourth-order valence-corrected chi connectivity index (χ4v) is 7.65. The minimum Gasteiger partial charge on any atom is -0.251 e. The van der Waals surface area contributed by atoms with E-state index in [0.29, 0.717) is 0 Å². The Kier molecular flexibility index (Phi) is 5.15. The minimum atomic E-state index is -3.93. The summed E-state index contributed by atoms with van der Waals surface area (Å²) in [5.41, 5.74) is 1.05. The van der Waals surface area contributed by atoms with E-state index in [4.69, 9.17) is 3.63 Å². The topological polar surface area (TPSA) is 52.6 Å². The van der Waals surface area contributed by atoms with Gasteiger partial charge in [-0.2, -0.15) is 12.0 Å². The number of hydrogen-bond donors (Lipinski definition) is 0. The van der Waals surface area contributed by atoms with Crippen LogP contribution in [0.1, 0.15) is 5.56 Å². The van der Waals surface area contributed by atoms with Crippen molar-refractivity contribution in [2.45, 2.75) is 0 Å². The van der Waals surface area contributed by atoms with Gasteiger partial charge in [0.15, 0.2) is 0 Å². The van der Waals surface area contributed by atoms with Gasteiger partial charge in [0.25, 0.3) is 0 Å². The van der Waals surface area contributed by atoms with Crippen LogP contribution in [-0.4, -0.2) is 26.0 Å². The van der Waals surface area contributed by atoms with Gasteiger partial charge in [0.1, 0.15) is 0 Å². The average molecular weight is 336 g/mol. The van der Waals surface area contributed by atoms with E-state index in [2.05, 4.69) is 4.18 Å². The summed E-state index contributed by atoms with van der Waals surface area (Å²) in [5, 5.41) is 0.